The molecule has 0 aliphatic heterocycles. The smallest absolute Gasteiger partial charge is 0.147 e. The average Bonchev–Trinajstić information content (AvgIpc) is 2.29. The summed E-state index contributed by atoms with van der Waals surface area (Å²) in [5.41, 5.74) is -0.0238. The zero-order valence-corrected chi connectivity index (χ0v) is 10.5. The van der Waals surface area contributed by atoms with Crippen LogP contribution in [0.5, 0.6) is 0 Å². The highest BCUT2D eigenvalue weighted by atomic mass is 32.2. The molecule has 0 heterocycles. The van der Waals surface area contributed by atoms with Crippen molar-refractivity contribution in [2.45, 2.75) is 33.1 Å². The van der Waals surface area contributed by atoms with Gasteiger partial charge in [-0.3, -0.25) is 0 Å². The van der Waals surface area contributed by atoms with Crippen molar-refractivity contribution in [3.63, 3.8) is 0 Å². The van der Waals surface area contributed by atoms with Gasteiger partial charge in [0.15, 0.2) is 0 Å². The first-order valence-electron chi connectivity index (χ1n) is 5.38. The number of aldehydes is 1. The maximum atomic E-state index is 11.3. The molecular formula is C11H20O3S. The first kappa shape index (κ1) is 12.7. The van der Waals surface area contributed by atoms with Gasteiger partial charge in [0.25, 0.3) is 0 Å². The van der Waals surface area contributed by atoms with Gasteiger partial charge in [0.2, 0.25) is 0 Å². The van der Waals surface area contributed by atoms with Gasteiger partial charge < -0.3 is 4.79 Å². The maximum absolute atomic E-state index is 11.3. The van der Waals surface area contributed by atoms with E-state index in [0.29, 0.717) is 12.3 Å². The van der Waals surface area contributed by atoms with Crippen molar-refractivity contribution in [3.8, 4) is 0 Å². The Labute approximate surface area is 92.2 Å². The quantitative estimate of drug-likeness (QED) is 0.693. The van der Waals surface area contributed by atoms with Crippen molar-refractivity contribution in [2.24, 2.45) is 17.3 Å². The molecule has 2 atom stereocenters. The Morgan fingerprint density at radius 1 is 1.27 bits per heavy atom. The van der Waals surface area contributed by atoms with E-state index in [0.717, 1.165) is 19.1 Å². The fourth-order valence-electron chi connectivity index (χ4n) is 2.68. The van der Waals surface area contributed by atoms with E-state index in [-0.39, 0.29) is 17.1 Å². The van der Waals surface area contributed by atoms with Crippen LogP contribution >= 0.6 is 0 Å². The van der Waals surface area contributed by atoms with Crippen LogP contribution in [-0.4, -0.2) is 26.7 Å². The highest BCUT2D eigenvalue weighted by Crippen LogP contribution is 2.48. The molecule has 3 nitrogen and oxygen atoms in total. The third kappa shape index (κ3) is 3.03. The summed E-state index contributed by atoms with van der Waals surface area (Å²) in [5, 5.41) is 0. The highest BCUT2D eigenvalue weighted by Gasteiger charge is 2.43. The molecule has 0 amide bonds. The van der Waals surface area contributed by atoms with Gasteiger partial charge in [0.05, 0.1) is 5.75 Å². The molecule has 0 radical (unpaired) electrons. The van der Waals surface area contributed by atoms with E-state index in [1.807, 2.05) is 0 Å². The second kappa shape index (κ2) is 4.24. The van der Waals surface area contributed by atoms with E-state index in [9.17, 15) is 13.2 Å². The van der Waals surface area contributed by atoms with Crippen molar-refractivity contribution >= 4 is 16.1 Å². The van der Waals surface area contributed by atoms with Gasteiger partial charge in [-0.05, 0) is 30.1 Å². The van der Waals surface area contributed by atoms with E-state index in [1.54, 1.807) is 0 Å². The molecule has 0 aromatic carbocycles. The second-order valence-electron chi connectivity index (χ2n) is 5.29. The number of rotatable bonds is 4. The number of hydrogen-bond acceptors (Lipinski definition) is 3. The van der Waals surface area contributed by atoms with Crippen molar-refractivity contribution in [3.05, 3.63) is 0 Å². The molecule has 0 saturated heterocycles. The van der Waals surface area contributed by atoms with Gasteiger partial charge in [0.1, 0.15) is 16.1 Å². The Bertz CT molecular complexity index is 330. The molecular weight excluding hydrogens is 212 g/mol. The lowest BCUT2D eigenvalue weighted by molar-refractivity contribution is -0.109. The minimum Gasteiger partial charge on any atom is -0.303 e. The van der Waals surface area contributed by atoms with Crippen LogP contribution in [0.3, 0.4) is 0 Å². The molecule has 2 unspecified atom stereocenters. The third-order valence-electron chi connectivity index (χ3n) is 3.85. The van der Waals surface area contributed by atoms with Crippen molar-refractivity contribution < 1.29 is 13.2 Å². The predicted molar refractivity (Wildman–Crippen MR) is 60.4 cm³/mol. The minimum atomic E-state index is -2.91. The summed E-state index contributed by atoms with van der Waals surface area (Å²) < 4.78 is 22.5. The highest BCUT2D eigenvalue weighted by molar-refractivity contribution is 7.90. The van der Waals surface area contributed by atoms with Gasteiger partial charge in [-0.25, -0.2) is 8.42 Å². The molecule has 4 heteroatoms. The molecule has 1 rings (SSSR count). The molecule has 1 aliphatic carbocycles. The van der Waals surface area contributed by atoms with E-state index < -0.39 is 9.84 Å². The zero-order valence-electron chi connectivity index (χ0n) is 9.69. The molecule has 0 bridgehead atoms. The lowest BCUT2D eigenvalue weighted by atomic mass is 9.75. The topological polar surface area (TPSA) is 51.2 Å². The molecule has 15 heavy (non-hydrogen) atoms. The number of hydrogen-bond donors (Lipinski definition) is 0. The number of carbonyl (C=O) groups excluding carboxylic acids is 1. The second-order valence-corrected chi connectivity index (χ2v) is 7.47. The third-order valence-corrected chi connectivity index (χ3v) is 4.86. The van der Waals surface area contributed by atoms with Gasteiger partial charge in [0, 0.05) is 12.7 Å². The van der Waals surface area contributed by atoms with Crippen LogP contribution in [0.25, 0.3) is 0 Å². The minimum absolute atomic E-state index is 0.0238. The summed E-state index contributed by atoms with van der Waals surface area (Å²) in [6.45, 7) is 4.17. The largest absolute Gasteiger partial charge is 0.303 e. The summed E-state index contributed by atoms with van der Waals surface area (Å²) in [6.07, 6.45) is 4.71. The maximum Gasteiger partial charge on any atom is 0.147 e. The summed E-state index contributed by atoms with van der Waals surface area (Å²) in [7, 11) is -2.91. The van der Waals surface area contributed by atoms with Gasteiger partial charge >= 0.3 is 0 Å². The van der Waals surface area contributed by atoms with Crippen LogP contribution in [0.4, 0.5) is 0 Å². The Morgan fingerprint density at radius 3 is 2.27 bits per heavy atom. The SMILES string of the molecule is CC1(C)C(CC=O)CCC1CS(C)(=O)=O. The molecule has 0 spiro atoms. The molecule has 1 aliphatic rings. The Morgan fingerprint density at radius 2 is 1.80 bits per heavy atom. The Balaban J connectivity index is 2.75. The lowest BCUT2D eigenvalue weighted by Gasteiger charge is -2.31. The van der Waals surface area contributed by atoms with Crippen molar-refractivity contribution in [2.75, 3.05) is 12.0 Å². The van der Waals surface area contributed by atoms with Gasteiger partial charge in [-0.15, -0.1) is 0 Å². The first-order valence-corrected chi connectivity index (χ1v) is 7.45. The van der Waals surface area contributed by atoms with Crippen LogP contribution in [0.15, 0.2) is 0 Å². The zero-order chi connectivity index (χ0) is 11.7. The van der Waals surface area contributed by atoms with E-state index >= 15 is 0 Å². The molecule has 1 fully saturated rings. The van der Waals surface area contributed by atoms with Crippen LogP contribution in [0.2, 0.25) is 0 Å². The van der Waals surface area contributed by atoms with Crippen LogP contribution in [-0.2, 0) is 14.6 Å². The molecule has 0 aromatic rings. The van der Waals surface area contributed by atoms with Crippen molar-refractivity contribution in [1.82, 2.24) is 0 Å². The lowest BCUT2D eigenvalue weighted by Crippen LogP contribution is -2.30. The van der Waals surface area contributed by atoms with E-state index in [2.05, 4.69) is 13.8 Å². The normalized spacial score (nSPS) is 30.3. The molecule has 0 aromatic heterocycles. The van der Waals surface area contributed by atoms with Gasteiger partial charge in [-0.2, -0.15) is 0 Å². The molecule has 1 saturated carbocycles. The predicted octanol–water partition coefficient (Wildman–Crippen LogP) is 1.67. The number of carbonyl (C=O) groups is 1. The fourth-order valence-corrected chi connectivity index (χ4v) is 4.01. The Hall–Kier alpha value is -0.380. The Kier molecular flexibility index (Phi) is 3.59. The van der Waals surface area contributed by atoms with Gasteiger partial charge in [-0.1, -0.05) is 13.8 Å². The van der Waals surface area contributed by atoms with E-state index in [4.69, 9.17) is 0 Å². The van der Waals surface area contributed by atoms with Crippen LogP contribution < -0.4 is 0 Å². The number of sulfone groups is 1. The summed E-state index contributed by atoms with van der Waals surface area (Å²) in [6, 6.07) is 0. The standard InChI is InChI=1S/C11H20O3S/c1-11(2)9(6-7-12)4-5-10(11)8-15(3,13)14/h7,9-10H,4-6,8H2,1-3H3. The van der Waals surface area contributed by atoms with Crippen molar-refractivity contribution in [1.29, 1.82) is 0 Å². The van der Waals surface area contributed by atoms with Crippen LogP contribution in [0.1, 0.15) is 33.1 Å². The van der Waals surface area contributed by atoms with E-state index in [1.165, 1.54) is 6.26 Å². The summed E-state index contributed by atoms with van der Waals surface area (Å²) in [4.78, 5) is 10.5. The fraction of sp³-hybridized carbons (Fsp3) is 0.909. The molecule has 88 valence electrons. The summed E-state index contributed by atoms with van der Waals surface area (Å²) >= 11 is 0. The van der Waals surface area contributed by atoms with Crippen LogP contribution in [0, 0.1) is 17.3 Å². The average molecular weight is 232 g/mol. The summed E-state index contributed by atoms with van der Waals surface area (Å²) in [5.74, 6) is 0.814. The molecule has 0 N–H and O–H groups in total. The monoisotopic (exact) mass is 232 g/mol. The first-order chi connectivity index (χ1) is 6.77.